The van der Waals surface area contributed by atoms with E-state index in [1.807, 2.05) is 6.07 Å². The third-order valence-electron chi connectivity index (χ3n) is 3.77. The Morgan fingerprint density at radius 3 is 2.79 bits per heavy atom. The number of ether oxygens (including phenoxy) is 1. The van der Waals surface area contributed by atoms with Gasteiger partial charge in [0.25, 0.3) is 0 Å². The lowest BCUT2D eigenvalue weighted by atomic mass is 9.86. The van der Waals surface area contributed by atoms with Crippen molar-refractivity contribution in [1.29, 1.82) is 0 Å². The number of anilines is 1. The van der Waals surface area contributed by atoms with Crippen molar-refractivity contribution in [2.75, 3.05) is 12.3 Å². The highest BCUT2D eigenvalue weighted by atomic mass is 16.5. The summed E-state index contributed by atoms with van der Waals surface area (Å²) in [7, 11) is 0. The molecule has 0 fully saturated rings. The number of hydrogen-bond donors (Lipinski definition) is 1. The second-order valence-electron chi connectivity index (χ2n) is 6.24. The Morgan fingerprint density at radius 2 is 2.05 bits per heavy atom. The number of rotatable bonds is 0. The number of nitrogen functional groups attached to an aromatic ring is 1. The van der Waals surface area contributed by atoms with E-state index < -0.39 is 0 Å². The molecule has 1 aromatic carbocycles. The van der Waals surface area contributed by atoms with Crippen molar-refractivity contribution in [3.05, 3.63) is 29.3 Å². The number of fused-ring (bicyclic) bond motifs is 2. The maximum atomic E-state index is 6.33. The molecule has 1 aliphatic heterocycles. The van der Waals surface area contributed by atoms with Gasteiger partial charge in [-0.1, -0.05) is 26.8 Å². The van der Waals surface area contributed by atoms with Gasteiger partial charge in [-0.05, 0) is 36.0 Å². The molecular formula is C16H20N2O. The SMILES string of the molecule is CC(C)(C)c1ccc2nc3c(c(N)c2c1)CCCO3. The monoisotopic (exact) mass is 256 g/mol. The summed E-state index contributed by atoms with van der Waals surface area (Å²) >= 11 is 0. The summed E-state index contributed by atoms with van der Waals surface area (Å²) in [6.45, 7) is 7.36. The first kappa shape index (κ1) is 12.3. The molecule has 0 aliphatic carbocycles. The summed E-state index contributed by atoms with van der Waals surface area (Å²) in [4.78, 5) is 4.60. The smallest absolute Gasteiger partial charge is 0.219 e. The second-order valence-corrected chi connectivity index (χ2v) is 6.24. The fraction of sp³-hybridized carbons (Fsp3) is 0.438. The van der Waals surface area contributed by atoms with Crippen LogP contribution in [0.3, 0.4) is 0 Å². The predicted octanol–water partition coefficient (Wildman–Crippen LogP) is 3.44. The van der Waals surface area contributed by atoms with E-state index in [2.05, 4.69) is 37.9 Å². The van der Waals surface area contributed by atoms with Crippen LogP contribution in [0.2, 0.25) is 0 Å². The van der Waals surface area contributed by atoms with Crippen LogP contribution in [0, 0.1) is 0 Å². The molecule has 0 bridgehead atoms. The molecule has 0 saturated carbocycles. The minimum Gasteiger partial charge on any atom is -0.477 e. The van der Waals surface area contributed by atoms with Crippen molar-refractivity contribution in [3.63, 3.8) is 0 Å². The molecule has 1 aliphatic rings. The molecule has 2 heterocycles. The van der Waals surface area contributed by atoms with Crippen LogP contribution in [0.25, 0.3) is 10.9 Å². The summed E-state index contributed by atoms with van der Waals surface area (Å²) < 4.78 is 5.62. The first-order chi connectivity index (χ1) is 8.97. The molecule has 1 aromatic heterocycles. The third-order valence-corrected chi connectivity index (χ3v) is 3.77. The van der Waals surface area contributed by atoms with Crippen LogP contribution >= 0.6 is 0 Å². The fourth-order valence-corrected chi connectivity index (χ4v) is 2.55. The lowest BCUT2D eigenvalue weighted by Gasteiger charge is -2.22. The minimum absolute atomic E-state index is 0.118. The fourth-order valence-electron chi connectivity index (χ4n) is 2.55. The van der Waals surface area contributed by atoms with E-state index in [0.29, 0.717) is 0 Å². The predicted molar refractivity (Wildman–Crippen MR) is 78.7 cm³/mol. The topological polar surface area (TPSA) is 48.1 Å². The number of nitrogens with zero attached hydrogens (tertiary/aromatic N) is 1. The van der Waals surface area contributed by atoms with E-state index in [1.165, 1.54) is 5.56 Å². The van der Waals surface area contributed by atoms with Crippen LogP contribution in [0.15, 0.2) is 18.2 Å². The van der Waals surface area contributed by atoms with E-state index in [4.69, 9.17) is 10.5 Å². The van der Waals surface area contributed by atoms with Crippen molar-refractivity contribution in [1.82, 2.24) is 4.98 Å². The van der Waals surface area contributed by atoms with E-state index >= 15 is 0 Å². The van der Waals surface area contributed by atoms with Gasteiger partial charge in [-0.15, -0.1) is 0 Å². The number of hydrogen-bond acceptors (Lipinski definition) is 3. The first-order valence-electron chi connectivity index (χ1n) is 6.82. The highest BCUT2D eigenvalue weighted by Crippen LogP contribution is 2.35. The molecule has 19 heavy (non-hydrogen) atoms. The summed E-state index contributed by atoms with van der Waals surface area (Å²) in [6, 6.07) is 6.35. The number of benzene rings is 1. The van der Waals surface area contributed by atoms with Gasteiger partial charge in [0.1, 0.15) is 0 Å². The highest BCUT2D eigenvalue weighted by molar-refractivity contribution is 5.93. The van der Waals surface area contributed by atoms with Gasteiger partial charge in [0.2, 0.25) is 5.88 Å². The van der Waals surface area contributed by atoms with Gasteiger partial charge in [-0.3, -0.25) is 0 Å². The van der Waals surface area contributed by atoms with Gasteiger partial charge < -0.3 is 10.5 Å². The molecule has 0 spiro atoms. The van der Waals surface area contributed by atoms with Crippen molar-refractivity contribution in [2.45, 2.75) is 39.0 Å². The molecule has 100 valence electrons. The van der Waals surface area contributed by atoms with Crippen LogP contribution in [0.1, 0.15) is 38.3 Å². The average molecular weight is 256 g/mol. The quantitative estimate of drug-likeness (QED) is 0.785. The zero-order chi connectivity index (χ0) is 13.6. The van der Waals surface area contributed by atoms with Gasteiger partial charge in [0, 0.05) is 16.6 Å². The molecule has 0 unspecified atom stereocenters. The maximum absolute atomic E-state index is 6.33. The standard InChI is InChI=1S/C16H20N2O/c1-16(2,3)10-6-7-13-12(9-10)14(17)11-5-4-8-19-15(11)18-13/h6-7,9H,4-5,8H2,1-3H3,(H2,17,18). The van der Waals surface area contributed by atoms with Crippen LogP contribution in [0.4, 0.5) is 5.69 Å². The first-order valence-corrected chi connectivity index (χ1v) is 6.82. The normalized spacial score (nSPS) is 15.1. The summed E-state index contributed by atoms with van der Waals surface area (Å²) in [5.41, 5.74) is 10.6. The van der Waals surface area contributed by atoms with Crippen LogP contribution in [-0.2, 0) is 11.8 Å². The second kappa shape index (κ2) is 4.12. The molecule has 0 saturated heterocycles. The van der Waals surface area contributed by atoms with E-state index in [1.54, 1.807) is 0 Å². The molecule has 2 aromatic rings. The molecule has 0 amide bonds. The Kier molecular flexibility index (Phi) is 2.66. The molecule has 2 N–H and O–H groups in total. The zero-order valence-corrected chi connectivity index (χ0v) is 11.8. The van der Waals surface area contributed by atoms with Gasteiger partial charge in [0.05, 0.1) is 12.1 Å². The van der Waals surface area contributed by atoms with Gasteiger partial charge >= 0.3 is 0 Å². The molecule has 3 rings (SSSR count). The van der Waals surface area contributed by atoms with Crippen LogP contribution < -0.4 is 10.5 Å². The minimum atomic E-state index is 0.118. The van der Waals surface area contributed by atoms with E-state index in [9.17, 15) is 0 Å². The Hall–Kier alpha value is -1.77. The number of nitrogens with two attached hydrogens (primary N) is 1. The maximum Gasteiger partial charge on any atom is 0.219 e. The Labute approximate surface area is 113 Å². The third kappa shape index (κ3) is 2.03. The van der Waals surface area contributed by atoms with E-state index in [0.717, 1.165) is 47.5 Å². The summed E-state index contributed by atoms with van der Waals surface area (Å²) in [6.07, 6.45) is 1.98. The van der Waals surface area contributed by atoms with Crippen molar-refractivity contribution >= 4 is 16.6 Å². The Balaban J connectivity index is 2.25. The summed E-state index contributed by atoms with van der Waals surface area (Å²) in [5.74, 6) is 0.722. The molecule has 3 heteroatoms. The van der Waals surface area contributed by atoms with Crippen molar-refractivity contribution in [3.8, 4) is 5.88 Å². The van der Waals surface area contributed by atoms with Gasteiger partial charge in [-0.2, -0.15) is 0 Å². The molecule has 0 radical (unpaired) electrons. The van der Waals surface area contributed by atoms with Crippen molar-refractivity contribution < 1.29 is 4.74 Å². The van der Waals surface area contributed by atoms with Gasteiger partial charge in [-0.25, -0.2) is 4.98 Å². The van der Waals surface area contributed by atoms with Gasteiger partial charge in [0.15, 0.2) is 0 Å². The zero-order valence-electron chi connectivity index (χ0n) is 11.8. The Morgan fingerprint density at radius 1 is 1.26 bits per heavy atom. The number of pyridine rings is 1. The van der Waals surface area contributed by atoms with E-state index in [-0.39, 0.29) is 5.41 Å². The molecule has 3 nitrogen and oxygen atoms in total. The largest absolute Gasteiger partial charge is 0.477 e. The summed E-state index contributed by atoms with van der Waals surface area (Å²) in [5, 5.41) is 1.05. The lowest BCUT2D eigenvalue weighted by Crippen LogP contribution is -2.14. The average Bonchev–Trinajstić information content (AvgIpc) is 2.37. The highest BCUT2D eigenvalue weighted by Gasteiger charge is 2.20. The molecular weight excluding hydrogens is 236 g/mol. The number of aromatic nitrogens is 1. The lowest BCUT2D eigenvalue weighted by molar-refractivity contribution is 0.278. The Bertz CT molecular complexity index is 641. The van der Waals surface area contributed by atoms with Crippen LogP contribution in [-0.4, -0.2) is 11.6 Å². The molecule has 0 atom stereocenters. The van der Waals surface area contributed by atoms with Crippen LogP contribution in [0.5, 0.6) is 5.88 Å². The van der Waals surface area contributed by atoms with Crippen molar-refractivity contribution in [2.24, 2.45) is 0 Å².